The van der Waals surface area contributed by atoms with Crippen molar-refractivity contribution in [2.45, 2.75) is 0 Å². The number of imidazole rings is 1. The van der Waals surface area contributed by atoms with Gasteiger partial charge in [0.15, 0.2) is 5.82 Å². The SMILES string of the molecule is N=C(N)c1ccc(NCC#Cc2ccc(C(=O)c3ncc[nH]3)cc2)cc1. The van der Waals surface area contributed by atoms with Crippen LogP contribution in [0.4, 0.5) is 5.69 Å². The van der Waals surface area contributed by atoms with Crippen LogP contribution in [0.1, 0.15) is 27.3 Å². The summed E-state index contributed by atoms with van der Waals surface area (Å²) in [5.41, 5.74) is 8.41. The molecule has 0 saturated carbocycles. The van der Waals surface area contributed by atoms with Gasteiger partial charge in [0.2, 0.25) is 5.78 Å². The molecule has 0 spiro atoms. The van der Waals surface area contributed by atoms with Crippen molar-refractivity contribution < 1.29 is 4.79 Å². The second-order valence-electron chi connectivity index (χ2n) is 5.49. The predicted octanol–water partition coefficient (Wildman–Crippen LogP) is 2.39. The number of aromatic nitrogens is 2. The lowest BCUT2D eigenvalue weighted by molar-refractivity contribution is 0.103. The van der Waals surface area contributed by atoms with Crippen molar-refractivity contribution in [1.29, 1.82) is 5.41 Å². The van der Waals surface area contributed by atoms with Gasteiger partial charge in [-0.05, 0) is 48.5 Å². The average molecular weight is 343 g/mol. The molecule has 3 aromatic rings. The number of amidine groups is 1. The average Bonchev–Trinajstić information content (AvgIpc) is 3.20. The highest BCUT2D eigenvalue weighted by molar-refractivity contribution is 6.06. The number of rotatable bonds is 5. The quantitative estimate of drug-likeness (QED) is 0.247. The molecule has 0 aliphatic rings. The summed E-state index contributed by atoms with van der Waals surface area (Å²) in [7, 11) is 0. The van der Waals surface area contributed by atoms with Crippen molar-refractivity contribution in [2.75, 3.05) is 11.9 Å². The maximum Gasteiger partial charge on any atom is 0.228 e. The number of hydrogen-bond acceptors (Lipinski definition) is 4. The van der Waals surface area contributed by atoms with E-state index in [0.29, 0.717) is 23.5 Å². The van der Waals surface area contributed by atoms with Crippen LogP contribution in [-0.2, 0) is 0 Å². The van der Waals surface area contributed by atoms with Gasteiger partial charge < -0.3 is 16.0 Å². The van der Waals surface area contributed by atoms with Crippen LogP contribution >= 0.6 is 0 Å². The molecular weight excluding hydrogens is 326 g/mol. The first-order valence-corrected chi connectivity index (χ1v) is 7.95. The zero-order chi connectivity index (χ0) is 18.4. The number of nitrogens with zero attached hydrogens (tertiary/aromatic N) is 1. The smallest absolute Gasteiger partial charge is 0.228 e. The third-order valence-corrected chi connectivity index (χ3v) is 3.67. The molecule has 1 heterocycles. The number of nitrogen functional groups attached to an aromatic ring is 1. The van der Waals surface area contributed by atoms with E-state index in [1.165, 1.54) is 0 Å². The molecule has 0 fully saturated rings. The number of benzene rings is 2. The van der Waals surface area contributed by atoms with E-state index in [0.717, 1.165) is 11.3 Å². The standard InChI is InChI=1S/C20H17N5O/c21-19(22)16-7-9-17(10-8-16)23-11-1-2-14-3-5-15(6-4-14)18(26)20-24-12-13-25-20/h3-10,12-13,23H,11H2,(H3,21,22)(H,24,25). The van der Waals surface area contributed by atoms with Crippen LogP contribution in [-0.4, -0.2) is 28.1 Å². The van der Waals surface area contributed by atoms with Crippen LogP contribution in [0.5, 0.6) is 0 Å². The number of nitrogens with two attached hydrogens (primary N) is 1. The first kappa shape index (κ1) is 17.0. The highest BCUT2D eigenvalue weighted by Crippen LogP contribution is 2.09. The van der Waals surface area contributed by atoms with E-state index in [4.69, 9.17) is 11.1 Å². The van der Waals surface area contributed by atoms with E-state index < -0.39 is 0 Å². The second kappa shape index (κ2) is 7.81. The van der Waals surface area contributed by atoms with Crippen LogP contribution < -0.4 is 11.1 Å². The Hall–Kier alpha value is -3.85. The van der Waals surface area contributed by atoms with Gasteiger partial charge in [-0.1, -0.05) is 11.8 Å². The molecule has 1 aromatic heterocycles. The molecule has 26 heavy (non-hydrogen) atoms. The zero-order valence-electron chi connectivity index (χ0n) is 13.9. The Morgan fingerprint density at radius 2 is 1.81 bits per heavy atom. The van der Waals surface area contributed by atoms with E-state index in [1.54, 1.807) is 36.7 Å². The molecule has 0 radical (unpaired) electrons. The summed E-state index contributed by atoms with van der Waals surface area (Å²) in [4.78, 5) is 18.9. The fourth-order valence-corrected chi connectivity index (χ4v) is 2.29. The molecule has 6 heteroatoms. The fourth-order valence-electron chi connectivity index (χ4n) is 2.29. The van der Waals surface area contributed by atoms with Crippen LogP contribution in [0.3, 0.4) is 0 Å². The van der Waals surface area contributed by atoms with E-state index in [1.807, 2.05) is 24.3 Å². The molecule has 6 nitrogen and oxygen atoms in total. The van der Waals surface area contributed by atoms with E-state index >= 15 is 0 Å². The summed E-state index contributed by atoms with van der Waals surface area (Å²) in [6, 6.07) is 14.4. The predicted molar refractivity (Wildman–Crippen MR) is 101 cm³/mol. The van der Waals surface area contributed by atoms with Crippen molar-refractivity contribution in [3.8, 4) is 11.8 Å². The normalized spacial score (nSPS) is 9.85. The van der Waals surface area contributed by atoms with Gasteiger partial charge >= 0.3 is 0 Å². The Morgan fingerprint density at radius 1 is 1.12 bits per heavy atom. The maximum absolute atomic E-state index is 12.1. The zero-order valence-corrected chi connectivity index (χ0v) is 13.9. The number of ketones is 1. The van der Waals surface area contributed by atoms with Crippen molar-refractivity contribution in [1.82, 2.24) is 9.97 Å². The van der Waals surface area contributed by atoms with E-state index in [9.17, 15) is 4.79 Å². The van der Waals surface area contributed by atoms with Crippen molar-refractivity contribution in [3.63, 3.8) is 0 Å². The van der Waals surface area contributed by atoms with Crippen molar-refractivity contribution >= 4 is 17.3 Å². The lowest BCUT2D eigenvalue weighted by Gasteiger charge is -2.03. The molecule has 0 atom stereocenters. The summed E-state index contributed by atoms with van der Waals surface area (Å²) in [6.07, 6.45) is 3.17. The number of carbonyl (C=O) groups excluding carboxylic acids is 1. The first-order valence-electron chi connectivity index (χ1n) is 7.95. The van der Waals surface area contributed by atoms with Crippen LogP contribution in [0.2, 0.25) is 0 Å². The summed E-state index contributed by atoms with van der Waals surface area (Å²) in [5, 5.41) is 10.5. The molecule has 3 rings (SSSR count). The molecular formula is C20H17N5O. The molecule has 5 N–H and O–H groups in total. The number of aromatic amines is 1. The Morgan fingerprint density at radius 3 is 2.42 bits per heavy atom. The minimum atomic E-state index is -0.148. The largest absolute Gasteiger partial charge is 0.384 e. The van der Waals surface area contributed by atoms with E-state index in [-0.39, 0.29) is 11.6 Å². The topological polar surface area (TPSA) is 108 Å². The van der Waals surface area contributed by atoms with Crippen LogP contribution in [0.15, 0.2) is 60.9 Å². The number of hydrogen-bond donors (Lipinski definition) is 4. The third-order valence-electron chi connectivity index (χ3n) is 3.67. The van der Waals surface area contributed by atoms with Gasteiger partial charge in [-0.3, -0.25) is 10.2 Å². The second-order valence-corrected chi connectivity index (χ2v) is 5.49. The lowest BCUT2D eigenvalue weighted by Crippen LogP contribution is -2.10. The first-order chi connectivity index (χ1) is 12.6. The van der Waals surface area contributed by atoms with Crippen LogP contribution in [0.25, 0.3) is 0 Å². The van der Waals surface area contributed by atoms with Gasteiger partial charge in [0.05, 0.1) is 6.54 Å². The number of nitrogens with one attached hydrogen (secondary N) is 3. The molecule has 0 amide bonds. The highest BCUT2D eigenvalue weighted by Gasteiger charge is 2.10. The Bertz CT molecular complexity index is 962. The molecule has 2 aromatic carbocycles. The molecule has 0 unspecified atom stereocenters. The summed E-state index contributed by atoms with van der Waals surface area (Å²) in [6.45, 7) is 0.479. The third kappa shape index (κ3) is 4.16. The van der Waals surface area contributed by atoms with Crippen molar-refractivity contribution in [2.24, 2.45) is 5.73 Å². The number of H-pyrrole nitrogens is 1. The minimum Gasteiger partial charge on any atom is -0.384 e. The van der Waals surface area contributed by atoms with Gasteiger partial charge in [0.25, 0.3) is 0 Å². The molecule has 0 aliphatic carbocycles. The molecule has 128 valence electrons. The Labute approximate surface area is 151 Å². The monoisotopic (exact) mass is 343 g/mol. The molecule has 0 aliphatic heterocycles. The van der Waals surface area contributed by atoms with Crippen molar-refractivity contribution in [3.05, 3.63) is 83.4 Å². The summed E-state index contributed by atoms with van der Waals surface area (Å²) in [5.74, 6) is 6.30. The fraction of sp³-hybridized carbons (Fsp3) is 0.0500. The van der Waals surface area contributed by atoms with E-state index in [2.05, 4.69) is 27.1 Å². The summed E-state index contributed by atoms with van der Waals surface area (Å²) < 4.78 is 0. The van der Waals surface area contributed by atoms with Crippen LogP contribution in [0, 0.1) is 17.3 Å². The van der Waals surface area contributed by atoms with Gasteiger partial charge in [-0.2, -0.15) is 0 Å². The van der Waals surface area contributed by atoms with Gasteiger partial charge in [-0.25, -0.2) is 4.98 Å². The minimum absolute atomic E-state index is 0.0466. The van der Waals surface area contributed by atoms with Gasteiger partial charge in [-0.15, -0.1) is 0 Å². The summed E-state index contributed by atoms with van der Waals surface area (Å²) >= 11 is 0. The Kier molecular flexibility index (Phi) is 5.11. The number of carbonyl (C=O) groups is 1. The molecule has 0 bridgehead atoms. The van der Waals surface area contributed by atoms with Gasteiger partial charge in [0.1, 0.15) is 5.84 Å². The van der Waals surface area contributed by atoms with Gasteiger partial charge in [0, 0.05) is 34.8 Å². The lowest BCUT2D eigenvalue weighted by atomic mass is 10.1. The Balaban J connectivity index is 1.56. The number of anilines is 1. The molecule has 0 saturated heterocycles. The maximum atomic E-state index is 12.1. The highest BCUT2D eigenvalue weighted by atomic mass is 16.1.